The Bertz CT molecular complexity index is 1540. The van der Waals surface area contributed by atoms with Crippen molar-refractivity contribution in [3.05, 3.63) is 47.5 Å². The van der Waals surface area contributed by atoms with Gasteiger partial charge in [0.15, 0.2) is 5.78 Å². The van der Waals surface area contributed by atoms with Crippen molar-refractivity contribution < 1.29 is 50.6 Å². The molecule has 12 nitrogen and oxygen atoms in total. The predicted molar refractivity (Wildman–Crippen MR) is 160 cm³/mol. The Balaban J connectivity index is 1.34. The monoisotopic (exact) mass is 670 g/mol. The number of amides is 3. The average Bonchev–Trinajstić information content (AvgIpc) is 3.25. The number of aliphatic hydroxyl groups excluding tert-OH is 1. The lowest BCUT2D eigenvalue weighted by molar-refractivity contribution is -0.137. The molecule has 0 aliphatic carbocycles. The SMILES string of the molecule is COc1cc(OC)c(C(=O)CCCCN2CCC3(CC2)NC(=O)N(CCCO)C3=O)cc1NS(=O)(=O)c1ccc(C(F)(F)F)cc1. The number of hydrogen-bond acceptors (Lipinski definition) is 9. The summed E-state index contributed by atoms with van der Waals surface area (Å²) in [4.78, 5) is 41.3. The molecule has 252 valence electrons. The Labute approximate surface area is 264 Å². The molecule has 0 atom stereocenters. The Morgan fingerprint density at radius 3 is 2.24 bits per heavy atom. The maximum absolute atomic E-state index is 13.2. The number of likely N-dealkylation sites (tertiary alicyclic amines) is 1. The van der Waals surface area contributed by atoms with Crippen LogP contribution in [0.25, 0.3) is 0 Å². The summed E-state index contributed by atoms with van der Waals surface area (Å²) in [7, 11) is -1.70. The van der Waals surface area contributed by atoms with Crippen molar-refractivity contribution in [2.24, 2.45) is 0 Å². The van der Waals surface area contributed by atoms with Crippen molar-refractivity contribution in [3.8, 4) is 11.5 Å². The van der Waals surface area contributed by atoms with Gasteiger partial charge >= 0.3 is 12.2 Å². The highest BCUT2D eigenvalue weighted by molar-refractivity contribution is 7.92. The van der Waals surface area contributed by atoms with Crippen LogP contribution in [0.3, 0.4) is 0 Å². The van der Waals surface area contributed by atoms with E-state index < -0.39 is 38.2 Å². The average molecular weight is 671 g/mol. The molecule has 0 aromatic heterocycles. The predicted octanol–water partition coefficient (Wildman–Crippen LogP) is 3.65. The molecule has 2 aliphatic rings. The van der Waals surface area contributed by atoms with Crippen molar-refractivity contribution in [2.75, 3.05) is 51.7 Å². The van der Waals surface area contributed by atoms with E-state index in [2.05, 4.69) is 14.9 Å². The van der Waals surface area contributed by atoms with Crippen LogP contribution in [0.4, 0.5) is 23.7 Å². The van der Waals surface area contributed by atoms with Crippen molar-refractivity contribution in [2.45, 2.75) is 55.1 Å². The first-order chi connectivity index (χ1) is 21.7. The number of imide groups is 1. The summed E-state index contributed by atoms with van der Waals surface area (Å²) < 4.78 is 77.7. The second-order valence-corrected chi connectivity index (χ2v) is 12.8. The minimum Gasteiger partial charge on any atom is -0.496 e. The Morgan fingerprint density at radius 2 is 1.65 bits per heavy atom. The number of ketones is 1. The Hall–Kier alpha value is -3.89. The number of aliphatic hydroxyl groups is 1. The van der Waals surface area contributed by atoms with Crippen molar-refractivity contribution in [1.29, 1.82) is 0 Å². The smallest absolute Gasteiger partial charge is 0.416 e. The van der Waals surface area contributed by atoms with Crippen LogP contribution in [0.15, 0.2) is 41.3 Å². The number of anilines is 1. The number of methoxy groups -OCH3 is 2. The van der Waals surface area contributed by atoms with Gasteiger partial charge in [-0.25, -0.2) is 13.2 Å². The van der Waals surface area contributed by atoms with Gasteiger partial charge in [-0.1, -0.05) is 0 Å². The van der Waals surface area contributed by atoms with Gasteiger partial charge < -0.3 is 24.8 Å². The zero-order valence-electron chi connectivity index (χ0n) is 25.5. The molecule has 4 rings (SSSR count). The zero-order chi connectivity index (χ0) is 33.7. The molecule has 2 saturated heterocycles. The molecule has 46 heavy (non-hydrogen) atoms. The lowest BCUT2D eigenvalue weighted by Gasteiger charge is -2.37. The van der Waals surface area contributed by atoms with Gasteiger partial charge in [0.2, 0.25) is 0 Å². The molecule has 2 heterocycles. The van der Waals surface area contributed by atoms with E-state index in [1.54, 1.807) is 0 Å². The molecule has 0 radical (unpaired) electrons. The van der Waals surface area contributed by atoms with Gasteiger partial charge in [0.1, 0.15) is 17.0 Å². The van der Waals surface area contributed by atoms with E-state index >= 15 is 0 Å². The lowest BCUT2D eigenvalue weighted by atomic mass is 9.87. The number of nitrogens with one attached hydrogen (secondary N) is 2. The second kappa shape index (κ2) is 14.3. The summed E-state index contributed by atoms with van der Waals surface area (Å²) in [5.74, 6) is -0.364. The van der Waals surface area contributed by atoms with E-state index in [1.165, 1.54) is 26.4 Å². The fraction of sp³-hybridized carbons (Fsp3) is 0.500. The van der Waals surface area contributed by atoms with Gasteiger partial charge in [0, 0.05) is 38.7 Å². The van der Waals surface area contributed by atoms with Crippen LogP contribution >= 0.6 is 0 Å². The van der Waals surface area contributed by atoms with E-state index in [-0.39, 0.29) is 54.0 Å². The van der Waals surface area contributed by atoms with Gasteiger partial charge in [-0.05, 0) is 69.0 Å². The highest BCUT2D eigenvalue weighted by Gasteiger charge is 2.51. The van der Waals surface area contributed by atoms with E-state index in [9.17, 15) is 36.0 Å². The molecule has 2 aromatic rings. The van der Waals surface area contributed by atoms with Crippen LogP contribution in [-0.2, 0) is 21.0 Å². The van der Waals surface area contributed by atoms with Crippen LogP contribution in [0, 0.1) is 0 Å². The number of nitrogens with zero attached hydrogens (tertiary/aromatic N) is 2. The highest BCUT2D eigenvalue weighted by Crippen LogP contribution is 2.36. The number of sulfonamides is 1. The summed E-state index contributed by atoms with van der Waals surface area (Å²) in [5.41, 5.74) is -1.90. The lowest BCUT2D eigenvalue weighted by Crippen LogP contribution is -2.55. The number of hydrogen-bond donors (Lipinski definition) is 3. The molecule has 3 N–H and O–H groups in total. The summed E-state index contributed by atoms with van der Waals surface area (Å²) in [6.45, 7) is 1.90. The third kappa shape index (κ3) is 7.73. The molecule has 0 saturated carbocycles. The standard InChI is InChI=1S/C30H37F3N4O8S/c1-44-25-19-26(45-2)23(35-46(42,43)21-9-7-20(8-10-21)30(31,32)33)18-22(25)24(39)6-3-4-13-36-15-11-29(12-16-36)27(40)37(14-5-17-38)28(41)34-29/h7-10,18-19,35,38H,3-6,11-17H2,1-2H3,(H,34,41). The number of halogens is 3. The number of piperidine rings is 1. The van der Waals surface area contributed by atoms with Crippen LogP contribution in [-0.4, -0.2) is 93.6 Å². The summed E-state index contributed by atoms with van der Waals surface area (Å²) >= 11 is 0. The van der Waals surface area contributed by atoms with Gasteiger partial charge in [0.25, 0.3) is 15.9 Å². The minimum absolute atomic E-state index is 0.0419. The summed E-state index contributed by atoms with van der Waals surface area (Å²) in [6.07, 6.45) is -2.09. The van der Waals surface area contributed by atoms with Gasteiger partial charge in [-0.3, -0.25) is 19.2 Å². The molecular formula is C30H37F3N4O8S. The number of benzene rings is 2. The van der Waals surface area contributed by atoms with Gasteiger partial charge in [-0.15, -0.1) is 0 Å². The van der Waals surface area contributed by atoms with E-state index in [4.69, 9.17) is 14.6 Å². The number of carbonyl (C=O) groups is 3. The number of ether oxygens (including phenoxy) is 2. The molecule has 0 bridgehead atoms. The molecule has 2 aromatic carbocycles. The van der Waals surface area contributed by atoms with E-state index in [1.807, 2.05) is 0 Å². The van der Waals surface area contributed by atoms with Gasteiger partial charge in [-0.2, -0.15) is 13.2 Å². The maximum atomic E-state index is 13.2. The number of carbonyl (C=O) groups excluding carboxylic acids is 3. The largest absolute Gasteiger partial charge is 0.496 e. The van der Waals surface area contributed by atoms with Gasteiger partial charge in [0.05, 0.1) is 35.9 Å². The van der Waals surface area contributed by atoms with Crippen LogP contribution in [0.1, 0.15) is 54.4 Å². The first-order valence-corrected chi connectivity index (χ1v) is 16.2. The number of urea groups is 1. The number of Topliss-reactive ketones (excluding diaryl/α,β-unsaturated/α-hetero) is 1. The molecule has 3 amide bonds. The molecular weight excluding hydrogens is 633 g/mol. The second-order valence-electron chi connectivity index (χ2n) is 11.1. The van der Waals surface area contributed by atoms with Crippen molar-refractivity contribution >= 4 is 33.4 Å². The van der Waals surface area contributed by atoms with Crippen LogP contribution < -0.4 is 19.5 Å². The molecule has 1 spiro atoms. The van der Waals surface area contributed by atoms with Crippen LogP contribution in [0.5, 0.6) is 11.5 Å². The third-order valence-corrected chi connectivity index (χ3v) is 9.56. The molecule has 16 heteroatoms. The Kier molecular flexibility index (Phi) is 10.8. The third-order valence-electron chi connectivity index (χ3n) is 8.18. The minimum atomic E-state index is -4.63. The fourth-order valence-corrected chi connectivity index (χ4v) is 6.65. The number of alkyl halides is 3. The van der Waals surface area contributed by atoms with E-state index in [0.717, 1.165) is 17.0 Å². The number of rotatable bonds is 14. The van der Waals surface area contributed by atoms with Crippen molar-refractivity contribution in [1.82, 2.24) is 15.1 Å². The topological polar surface area (TPSA) is 155 Å². The highest BCUT2D eigenvalue weighted by atomic mass is 32.2. The number of unbranched alkanes of at least 4 members (excludes halogenated alkanes) is 1. The quantitative estimate of drug-likeness (QED) is 0.155. The van der Waals surface area contributed by atoms with Crippen molar-refractivity contribution in [3.63, 3.8) is 0 Å². The summed E-state index contributed by atoms with van der Waals surface area (Å²) in [6, 6.07) is 5.21. The van der Waals surface area contributed by atoms with Crippen LogP contribution in [0.2, 0.25) is 0 Å². The molecule has 0 unspecified atom stereocenters. The fourth-order valence-electron chi connectivity index (χ4n) is 5.58. The maximum Gasteiger partial charge on any atom is 0.416 e. The first kappa shape index (κ1) is 35.0. The first-order valence-electron chi connectivity index (χ1n) is 14.7. The zero-order valence-corrected chi connectivity index (χ0v) is 26.3. The summed E-state index contributed by atoms with van der Waals surface area (Å²) in [5, 5.41) is 11.9. The van der Waals surface area contributed by atoms with E-state index in [0.29, 0.717) is 63.9 Å². The Morgan fingerprint density at radius 1 is 1.00 bits per heavy atom. The molecule has 2 aliphatic heterocycles. The molecule has 2 fully saturated rings. The normalized spacial score (nSPS) is 16.9.